The number of hydrogen-bond donors (Lipinski definition) is 2. The second kappa shape index (κ2) is 14.8. The van der Waals surface area contributed by atoms with Gasteiger partial charge in [0.1, 0.15) is 6.10 Å². The average Bonchev–Trinajstić information content (AvgIpc) is 3.35. The van der Waals surface area contributed by atoms with E-state index in [0.717, 1.165) is 44.1 Å². The molecule has 1 saturated heterocycles. The van der Waals surface area contributed by atoms with E-state index >= 15 is 0 Å². The number of hydrogen-bond acceptors (Lipinski definition) is 6. The normalized spacial score (nSPS) is 19.0. The van der Waals surface area contributed by atoms with Crippen LogP contribution in [0.3, 0.4) is 0 Å². The maximum absolute atomic E-state index is 13.3. The van der Waals surface area contributed by atoms with Gasteiger partial charge in [0.2, 0.25) is 11.8 Å². The molecule has 1 aromatic rings. The van der Waals surface area contributed by atoms with Crippen molar-refractivity contribution in [1.82, 2.24) is 10.2 Å². The Morgan fingerprint density at radius 2 is 1.86 bits per heavy atom. The molecule has 1 heterocycles. The summed E-state index contributed by atoms with van der Waals surface area (Å²) in [6.07, 6.45) is 5.38. The zero-order valence-corrected chi connectivity index (χ0v) is 21.7. The lowest BCUT2D eigenvalue weighted by atomic mass is 9.93. The molecule has 8 heteroatoms. The minimum atomic E-state index is -0.669. The molecule has 2 amide bonds. The zero-order chi connectivity index (χ0) is 25.8. The Hall–Kier alpha value is -2.45. The van der Waals surface area contributed by atoms with Gasteiger partial charge in [0.15, 0.2) is 0 Å². The Balaban J connectivity index is 2.06. The summed E-state index contributed by atoms with van der Waals surface area (Å²) in [7, 11) is 1.59. The predicted molar refractivity (Wildman–Crippen MR) is 135 cm³/mol. The van der Waals surface area contributed by atoms with Crippen LogP contribution >= 0.6 is 0 Å². The SMILES string of the molecule is CCCCCCC(=O)N1CCCC1C(OC)C(C)C(=O)NC(C)C(OC(=O)CN)c1ccccc1. The van der Waals surface area contributed by atoms with Crippen molar-refractivity contribution >= 4 is 17.8 Å². The van der Waals surface area contributed by atoms with Gasteiger partial charge < -0.3 is 25.4 Å². The number of ether oxygens (including phenoxy) is 2. The van der Waals surface area contributed by atoms with Gasteiger partial charge >= 0.3 is 5.97 Å². The summed E-state index contributed by atoms with van der Waals surface area (Å²) in [4.78, 5) is 40.0. The van der Waals surface area contributed by atoms with Gasteiger partial charge in [-0.05, 0) is 31.7 Å². The summed E-state index contributed by atoms with van der Waals surface area (Å²) >= 11 is 0. The number of nitrogens with two attached hydrogens (primary N) is 1. The maximum atomic E-state index is 13.3. The van der Waals surface area contributed by atoms with E-state index in [2.05, 4.69) is 12.2 Å². The van der Waals surface area contributed by atoms with Gasteiger partial charge in [0, 0.05) is 20.1 Å². The first-order valence-electron chi connectivity index (χ1n) is 12.9. The fraction of sp³-hybridized carbons (Fsp3) is 0.667. The van der Waals surface area contributed by atoms with E-state index < -0.39 is 30.1 Å². The molecule has 0 spiro atoms. The first-order chi connectivity index (χ1) is 16.8. The van der Waals surface area contributed by atoms with Crippen molar-refractivity contribution in [1.29, 1.82) is 0 Å². The molecule has 0 saturated carbocycles. The number of unbranched alkanes of at least 4 members (excludes halogenated alkanes) is 3. The number of benzene rings is 1. The smallest absolute Gasteiger partial charge is 0.320 e. The van der Waals surface area contributed by atoms with Crippen LogP contribution in [-0.4, -0.2) is 61.1 Å². The number of likely N-dealkylation sites (tertiary alicyclic amines) is 1. The van der Waals surface area contributed by atoms with Gasteiger partial charge in [-0.3, -0.25) is 14.4 Å². The van der Waals surface area contributed by atoms with E-state index in [4.69, 9.17) is 15.2 Å². The molecular weight excluding hydrogens is 446 g/mol. The van der Waals surface area contributed by atoms with Gasteiger partial charge in [-0.25, -0.2) is 0 Å². The van der Waals surface area contributed by atoms with Crippen LogP contribution in [0.5, 0.6) is 0 Å². The van der Waals surface area contributed by atoms with Crippen LogP contribution in [0.4, 0.5) is 0 Å². The van der Waals surface area contributed by atoms with E-state index in [9.17, 15) is 14.4 Å². The third kappa shape index (κ3) is 8.32. The van der Waals surface area contributed by atoms with Gasteiger partial charge in [0.05, 0.1) is 30.7 Å². The Kier molecular flexibility index (Phi) is 12.2. The van der Waals surface area contributed by atoms with Crippen LogP contribution in [0, 0.1) is 5.92 Å². The van der Waals surface area contributed by atoms with E-state index in [1.165, 1.54) is 0 Å². The Bertz CT molecular complexity index is 803. The van der Waals surface area contributed by atoms with Crippen LogP contribution in [0.2, 0.25) is 0 Å². The highest BCUT2D eigenvalue weighted by atomic mass is 16.5. The van der Waals surface area contributed by atoms with Crippen molar-refractivity contribution in [3.8, 4) is 0 Å². The van der Waals surface area contributed by atoms with Crippen molar-refractivity contribution in [3.63, 3.8) is 0 Å². The lowest BCUT2D eigenvalue weighted by Crippen LogP contribution is -2.51. The summed E-state index contributed by atoms with van der Waals surface area (Å²) in [5.74, 6) is -1.11. The van der Waals surface area contributed by atoms with Crippen molar-refractivity contribution < 1.29 is 23.9 Å². The van der Waals surface area contributed by atoms with E-state index in [-0.39, 0.29) is 24.4 Å². The zero-order valence-electron chi connectivity index (χ0n) is 21.7. The molecular formula is C27H43N3O5. The Morgan fingerprint density at radius 1 is 1.14 bits per heavy atom. The summed E-state index contributed by atoms with van der Waals surface area (Å²) in [5, 5.41) is 3.00. The van der Waals surface area contributed by atoms with Crippen molar-refractivity contribution in [3.05, 3.63) is 35.9 Å². The number of methoxy groups -OCH3 is 1. The molecule has 5 atom stereocenters. The van der Waals surface area contributed by atoms with Crippen LogP contribution < -0.4 is 11.1 Å². The second-order valence-electron chi connectivity index (χ2n) is 9.42. The third-order valence-corrected chi connectivity index (χ3v) is 6.80. The van der Waals surface area contributed by atoms with Gasteiger partial charge in [-0.2, -0.15) is 0 Å². The minimum Gasteiger partial charge on any atom is -0.454 e. The van der Waals surface area contributed by atoms with E-state index in [1.54, 1.807) is 14.0 Å². The summed E-state index contributed by atoms with van der Waals surface area (Å²) in [5.41, 5.74) is 6.22. The highest BCUT2D eigenvalue weighted by Gasteiger charge is 2.40. The van der Waals surface area contributed by atoms with E-state index in [1.807, 2.05) is 42.2 Å². The molecule has 1 fully saturated rings. The van der Waals surface area contributed by atoms with Gasteiger partial charge in [-0.1, -0.05) is 63.4 Å². The maximum Gasteiger partial charge on any atom is 0.320 e. The molecule has 1 aliphatic heterocycles. The van der Waals surface area contributed by atoms with Crippen LogP contribution in [0.15, 0.2) is 30.3 Å². The van der Waals surface area contributed by atoms with Crippen LogP contribution in [0.25, 0.3) is 0 Å². The highest BCUT2D eigenvalue weighted by molar-refractivity contribution is 5.80. The number of nitrogens with one attached hydrogen (secondary N) is 1. The molecule has 0 bridgehead atoms. The van der Waals surface area contributed by atoms with Crippen molar-refractivity contribution in [2.45, 2.75) is 90.0 Å². The molecule has 8 nitrogen and oxygen atoms in total. The van der Waals surface area contributed by atoms with Gasteiger partial charge in [-0.15, -0.1) is 0 Å². The molecule has 35 heavy (non-hydrogen) atoms. The van der Waals surface area contributed by atoms with Crippen LogP contribution in [-0.2, 0) is 23.9 Å². The Morgan fingerprint density at radius 3 is 2.49 bits per heavy atom. The second-order valence-corrected chi connectivity index (χ2v) is 9.42. The predicted octanol–water partition coefficient (Wildman–Crippen LogP) is 3.35. The van der Waals surface area contributed by atoms with Crippen molar-refractivity contribution in [2.24, 2.45) is 11.7 Å². The van der Waals surface area contributed by atoms with Crippen LogP contribution in [0.1, 0.15) is 77.4 Å². The summed E-state index contributed by atoms with van der Waals surface area (Å²) in [6.45, 7) is 6.24. The van der Waals surface area contributed by atoms with E-state index in [0.29, 0.717) is 13.0 Å². The summed E-state index contributed by atoms with van der Waals surface area (Å²) < 4.78 is 11.3. The fourth-order valence-corrected chi connectivity index (χ4v) is 4.86. The number of carbonyl (C=O) groups is 3. The number of rotatable bonds is 14. The molecule has 2 rings (SSSR count). The molecule has 196 valence electrons. The highest BCUT2D eigenvalue weighted by Crippen LogP contribution is 2.28. The minimum absolute atomic E-state index is 0.130. The Labute approximate surface area is 209 Å². The van der Waals surface area contributed by atoms with Gasteiger partial charge in [0.25, 0.3) is 0 Å². The molecule has 0 aliphatic carbocycles. The number of esters is 1. The molecule has 0 radical (unpaired) electrons. The molecule has 5 unspecified atom stereocenters. The summed E-state index contributed by atoms with van der Waals surface area (Å²) in [6, 6.07) is 8.66. The molecule has 0 aromatic heterocycles. The quantitative estimate of drug-likeness (QED) is 0.306. The molecule has 1 aliphatic rings. The third-order valence-electron chi connectivity index (χ3n) is 6.80. The first-order valence-corrected chi connectivity index (χ1v) is 12.9. The lowest BCUT2D eigenvalue weighted by molar-refractivity contribution is -0.150. The average molecular weight is 490 g/mol. The largest absolute Gasteiger partial charge is 0.454 e. The standard InChI is InChI=1S/C27H43N3O5/c1-5-6-7-11-16-23(31)30-17-12-15-22(30)25(34-4)19(2)27(33)29-20(3)26(35-24(32)18-28)21-13-9-8-10-14-21/h8-10,13-14,19-20,22,25-26H,5-7,11-12,15-18,28H2,1-4H3,(H,29,33). The lowest BCUT2D eigenvalue weighted by Gasteiger charge is -2.35. The number of nitrogens with zero attached hydrogens (tertiary/aromatic N) is 1. The molecule has 3 N–H and O–H groups in total. The number of carbonyl (C=O) groups excluding carboxylic acids is 3. The first kappa shape index (κ1) is 28.8. The molecule has 1 aromatic carbocycles. The van der Waals surface area contributed by atoms with Crippen molar-refractivity contribution in [2.75, 3.05) is 20.2 Å². The monoisotopic (exact) mass is 489 g/mol. The fourth-order valence-electron chi connectivity index (χ4n) is 4.86. The number of amides is 2. The topological polar surface area (TPSA) is 111 Å².